The van der Waals surface area contributed by atoms with Gasteiger partial charge in [-0.2, -0.15) is 0 Å². The molecular weight excluding hydrogens is 374 g/mol. The molecule has 1 aromatic heterocycles. The zero-order chi connectivity index (χ0) is 21.0. The van der Waals surface area contributed by atoms with Crippen molar-refractivity contribution >= 4 is 29.3 Å². The molecule has 1 saturated heterocycles. The first kappa shape index (κ1) is 20.2. The van der Waals surface area contributed by atoms with E-state index < -0.39 is 5.97 Å². The molecule has 9 nitrogen and oxygen atoms in total. The van der Waals surface area contributed by atoms with Crippen molar-refractivity contribution < 1.29 is 19.1 Å². The van der Waals surface area contributed by atoms with Gasteiger partial charge in [-0.15, -0.1) is 0 Å². The molecule has 29 heavy (non-hydrogen) atoms. The number of esters is 1. The van der Waals surface area contributed by atoms with E-state index in [0.29, 0.717) is 49.1 Å². The van der Waals surface area contributed by atoms with Crippen molar-refractivity contribution in [2.45, 2.75) is 13.8 Å². The first-order valence-electron chi connectivity index (χ1n) is 9.23. The van der Waals surface area contributed by atoms with E-state index in [1.165, 1.54) is 7.11 Å². The van der Waals surface area contributed by atoms with E-state index >= 15 is 0 Å². The predicted octanol–water partition coefficient (Wildman–Crippen LogP) is 1.49. The number of nitrogens with one attached hydrogen (secondary N) is 1. The fraction of sp³-hybridized carbons (Fsp3) is 0.350. The van der Waals surface area contributed by atoms with Crippen molar-refractivity contribution in [3.63, 3.8) is 0 Å². The number of piperazine rings is 1. The van der Waals surface area contributed by atoms with Gasteiger partial charge in [-0.25, -0.2) is 14.8 Å². The number of rotatable bonds is 4. The van der Waals surface area contributed by atoms with Crippen molar-refractivity contribution in [1.82, 2.24) is 14.9 Å². The van der Waals surface area contributed by atoms with Gasteiger partial charge in [-0.05, 0) is 31.2 Å². The van der Waals surface area contributed by atoms with Crippen LogP contribution in [0, 0.1) is 6.92 Å². The highest BCUT2D eigenvalue weighted by Crippen LogP contribution is 2.17. The molecule has 0 radical (unpaired) electrons. The molecule has 0 aliphatic carbocycles. The largest absolute Gasteiger partial charge is 0.465 e. The molecule has 1 N–H and O–H groups in total. The minimum absolute atomic E-state index is 0.0572. The molecule has 1 aromatic carbocycles. The Labute approximate surface area is 168 Å². The first-order chi connectivity index (χ1) is 13.9. The molecule has 0 atom stereocenters. The highest BCUT2D eigenvalue weighted by molar-refractivity contribution is 6.03. The van der Waals surface area contributed by atoms with Crippen molar-refractivity contribution in [2.24, 2.45) is 0 Å². The molecule has 0 unspecified atom stereocenters. The van der Waals surface area contributed by atoms with Gasteiger partial charge in [0.2, 0.25) is 5.91 Å². The van der Waals surface area contributed by atoms with Crippen LogP contribution in [0.4, 0.5) is 11.5 Å². The zero-order valence-electron chi connectivity index (χ0n) is 16.6. The number of ether oxygens (including phenoxy) is 1. The summed E-state index contributed by atoms with van der Waals surface area (Å²) in [4.78, 5) is 48.1. The minimum Gasteiger partial charge on any atom is -0.465 e. The maximum absolute atomic E-state index is 12.7. The van der Waals surface area contributed by atoms with E-state index in [-0.39, 0.29) is 17.5 Å². The van der Waals surface area contributed by atoms with Gasteiger partial charge in [0.1, 0.15) is 17.3 Å². The highest BCUT2D eigenvalue weighted by atomic mass is 16.5. The van der Waals surface area contributed by atoms with E-state index in [1.54, 1.807) is 49.1 Å². The minimum atomic E-state index is -0.441. The number of anilines is 2. The number of aryl methyl sites for hydroxylation is 1. The number of nitrogens with zero attached hydrogens (tertiary/aromatic N) is 4. The van der Waals surface area contributed by atoms with Crippen LogP contribution in [0.15, 0.2) is 30.3 Å². The SMILES string of the molecule is COC(=O)c1ccc(NC(=O)c2cc(N3CCN(C(C)=O)CC3)nc(C)n2)cc1. The van der Waals surface area contributed by atoms with Gasteiger partial charge in [0.25, 0.3) is 5.91 Å². The van der Waals surface area contributed by atoms with Gasteiger partial charge < -0.3 is 19.9 Å². The number of hydrogen-bond donors (Lipinski definition) is 1. The fourth-order valence-corrected chi connectivity index (χ4v) is 3.08. The van der Waals surface area contributed by atoms with Crippen LogP contribution in [0.3, 0.4) is 0 Å². The second-order valence-corrected chi connectivity index (χ2v) is 6.67. The zero-order valence-corrected chi connectivity index (χ0v) is 16.6. The average Bonchev–Trinajstić information content (AvgIpc) is 2.73. The Hall–Kier alpha value is -3.49. The molecule has 2 aromatic rings. The van der Waals surface area contributed by atoms with E-state index in [2.05, 4.69) is 20.0 Å². The van der Waals surface area contributed by atoms with Crippen LogP contribution >= 0.6 is 0 Å². The summed E-state index contributed by atoms with van der Waals surface area (Å²) in [5, 5.41) is 2.77. The van der Waals surface area contributed by atoms with Crippen LogP contribution in [-0.2, 0) is 9.53 Å². The number of hydrogen-bond acceptors (Lipinski definition) is 7. The summed E-state index contributed by atoms with van der Waals surface area (Å²) in [6, 6.07) is 8.05. The number of benzene rings is 1. The molecule has 1 fully saturated rings. The topological polar surface area (TPSA) is 105 Å². The lowest BCUT2D eigenvalue weighted by Gasteiger charge is -2.35. The third kappa shape index (κ3) is 4.87. The number of aromatic nitrogens is 2. The molecule has 1 aliphatic heterocycles. The Kier molecular flexibility index (Phi) is 6.06. The number of carbonyl (C=O) groups excluding carboxylic acids is 3. The lowest BCUT2D eigenvalue weighted by molar-refractivity contribution is -0.129. The van der Waals surface area contributed by atoms with Crippen molar-refractivity contribution in [3.8, 4) is 0 Å². The molecule has 9 heteroatoms. The van der Waals surface area contributed by atoms with E-state index in [0.717, 1.165) is 0 Å². The maximum Gasteiger partial charge on any atom is 0.337 e. The number of methoxy groups -OCH3 is 1. The summed E-state index contributed by atoms with van der Waals surface area (Å²) in [7, 11) is 1.31. The summed E-state index contributed by atoms with van der Waals surface area (Å²) < 4.78 is 4.66. The predicted molar refractivity (Wildman–Crippen MR) is 107 cm³/mol. The van der Waals surface area contributed by atoms with E-state index in [1.807, 2.05) is 4.90 Å². The Morgan fingerprint density at radius 1 is 1.03 bits per heavy atom. The lowest BCUT2D eigenvalue weighted by Crippen LogP contribution is -2.48. The third-order valence-electron chi connectivity index (χ3n) is 4.67. The molecular formula is C20H23N5O4. The first-order valence-corrected chi connectivity index (χ1v) is 9.23. The summed E-state index contributed by atoms with van der Waals surface area (Å²) in [5.74, 6) is 0.394. The Balaban J connectivity index is 1.71. The molecule has 0 spiro atoms. The molecule has 1 aliphatic rings. The summed E-state index contributed by atoms with van der Waals surface area (Å²) in [6.45, 7) is 5.82. The van der Waals surface area contributed by atoms with Gasteiger partial charge >= 0.3 is 5.97 Å². The molecule has 3 rings (SSSR count). The number of carbonyl (C=O) groups is 3. The summed E-state index contributed by atoms with van der Waals surface area (Å²) in [6.07, 6.45) is 0. The van der Waals surface area contributed by atoms with Crippen LogP contribution in [-0.4, -0.2) is 65.9 Å². The van der Waals surface area contributed by atoms with E-state index in [9.17, 15) is 14.4 Å². The fourth-order valence-electron chi connectivity index (χ4n) is 3.08. The van der Waals surface area contributed by atoms with Gasteiger partial charge in [0, 0.05) is 44.9 Å². The lowest BCUT2D eigenvalue weighted by atomic mass is 10.2. The van der Waals surface area contributed by atoms with Crippen molar-refractivity contribution in [1.29, 1.82) is 0 Å². The van der Waals surface area contributed by atoms with Crippen LogP contribution in [0.2, 0.25) is 0 Å². The Bertz CT molecular complexity index is 921. The molecule has 0 saturated carbocycles. The Morgan fingerprint density at radius 2 is 1.69 bits per heavy atom. The van der Waals surface area contributed by atoms with Gasteiger partial charge in [0.05, 0.1) is 12.7 Å². The van der Waals surface area contributed by atoms with Crippen LogP contribution in [0.5, 0.6) is 0 Å². The Morgan fingerprint density at radius 3 is 2.28 bits per heavy atom. The van der Waals surface area contributed by atoms with Crippen molar-refractivity contribution in [3.05, 3.63) is 47.4 Å². The molecule has 0 bridgehead atoms. The van der Waals surface area contributed by atoms with Gasteiger partial charge in [-0.1, -0.05) is 0 Å². The normalized spacial score (nSPS) is 13.8. The third-order valence-corrected chi connectivity index (χ3v) is 4.67. The quantitative estimate of drug-likeness (QED) is 0.780. The van der Waals surface area contributed by atoms with Crippen molar-refractivity contribution in [2.75, 3.05) is 43.5 Å². The highest BCUT2D eigenvalue weighted by Gasteiger charge is 2.21. The van der Waals surface area contributed by atoms with Gasteiger partial charge in [-0.3, -0.25) is 9.59 Å². The number of amides is 2. The van der Waals surface area contributed by atoms with Crippen LogP contribution in [0.1, 0.15) is 33.6 Å². The van der Waals surface area contributed by atoms with E-state index in [4.69, 9.17) is 0 Å². The standard InChI is InChI=1S/C20H23N5O4/c1-13-21-17(12-18(22-13)25-10-8-24(9-11-25)14(2)26)19(27)23-16-6-4-15(5-7-16)20(28)29-3/h4-7,12H,8-11H2,1-3H3,(H,23,27). The second kappa shape index (κ2) is 8.68. The monoisotopic (exact) mass is 397 g/mol. The summed E-state index contributed by atoms with van der Waals surface area (Å²) in [5.41, 5.74) is 1.18. The van der Waals surface area contributed by atoms with Crippen LogP contribution in [0.25, 0.3) is 0 Å². The maximum atomic E-state index is 12.7. The van der Waals surface area contributed by atoms with Crippen LogP contribution < -0.4 is 10.2 Å². The smallest absolute Gasteiger partial charge is 0.337 e. The van der Waals surface area contributed by atoms with Gasteiger partial charge in [0.15, 0.2) is 0 Å². The molecule has 152 valence electrons. The summed E-state index contributed by atoms with van der Waals surface area (Å²) >= 11 is 0. The average molecular weight is 397 g/mol. The second-order valence-electron chi connectivity index (χ2n) is 6.67. The molecule has 2 amide bonds. The molecule has 2 heterocycles.